The molecule has 0 aliphatic carbocycles. The molecule has 5 N–H and O–H groups in total. The Morgan fingerprint density at radius 3 is 1.77 bits per heavy atom. The lowest BCUT2D eigenvalue weighted by atomic mass is 10.1. The average molecular weight is 539 g/mol. The first-order valence-corrected chi connectivity index (χ1v) is 13.2. The molecular formula is C29H42N6O4. The van der Waals surface area contributed by atoms with Crippen molar-refractivity contribution in [3.8, 4) is 11.5 Å². The number of carbonyl (C=O) groups excluding carboxylic acids is 2. The number of ether oxygens (including phenoxy) is 2. The summed E-state index contributed by atoms with van der Waals surface area (Å²) in [6, 6.07) is 14.0. The molecule has 0 atom stereocenters. The van der Waals surface area contributed by atoms with E-state index in [4.69, 9.17) is 20.9 Å². The molecule has 1 saturated heterocycles. The van der Waals surface area contributed by atoms with Crippen molar-refractivity contribution in [3.05, 3.63) is 66.0 Å². The lowest BCUT2D eigenvalue weighted by molar-refractivity contribution is 0.0989. The maximum absolute atomic E-state index is 11.6. The molecule has 1 aromatic heterocycles. The normalized spacial score (nSPS) is 11.7. The van der Waals surface area contributed by atoms with Gasteiger partial charge in [-0.3, -0.25) is 9.59 Å². The molecular weight excluding hydrogens is 496 g/mol. The summed E-state index contributed by atoms with van der Waals surface area (Å²) >= 11 is 0. The Bertz CT molecular complexity index is 1130. The van der Waals surface area contributed by atoms with Gasteiger partial charge < -0.3 is 31.2 Å². The fourth-order valence-electron chi connectivity index (χ4n) is 3.49. The zero-order chi connectivity index (χ0) is 29.2. The van der Waals surface area contributed by atoms with Crippen molar-refractivity contribution < 1.29 is 19.1 Å². The van der Waals surface area contributed by atoms with E-state index in [1.54, 1.807) is 44.7 Å². The summed E-state index contributed by atoms with van der Waals surface area (Å²) in [6.45, 7) is 9.90. The predicted molar refractivity (Wildman–Crippen MR) is 157 cm³/mol. The number of rotatable bonds is 7. The Morgan fingerprint density at radius 2 is 1.31 bits per heavy atom. The van der Waals surface area contributed by atoms with Gasteiger partial charge >= 0.3 is 0 Å². The van der Waals surface area contributed by atoms with Crippen molar-refractivity contribution in [2.45, 2.75) is 47.0 Å². The highest BCUT2D eigenvalue weighted by Crippen LogP contribution is 2.24. The largest absolute Gasteiger partial charge is 0.497 e. The third-order valence-corrected chi connectivity index (χ3v) is 5.40. The third-order valence-electron chi connectivity index (χ3n) is 5.40. The first-order valence-electron chi connectivity index (χ1n) is 13.2. The number of hydrogen-bond acceptors (Lipinski definition) is 8. The van der Waals surface area contributed by atoms with E-state index in [0.717, 1.165) is 48.9 Å². The number of anilines is 3. The molecule has 212 valence electrons. The lowest BCUT2D eigenvalue weighted by Crippen LogP contribution is -2.30. The van der Waals surface area contributed by atoms with Gasteiger partial charge in [0.2, 0.25) is 5.91 Å². The van der Waals surface area contributed by atoms with Crippen LogP contribution in [-0.2, 0) is 0 Å². The van der Waals surface area contributed by atoms with Crippen molar-refractivity contribution >= 4 is 29.1 Å². The number of nitrogens with two attached hydrogens (primary N) is 2. The van der Waals surface area contributed by atoms with Gasteiger partial charge in [-0.05, 0) is 67.8 Å². The number of piperidine rings is 1. The minimum atomic E-state index is -0.608. The third kappa shape index (κ3) is 10.5. The van der Waals surface area contributed by atoms with E-state index in [2.05, 4.69) is 20.2 Å². The van der Waals surface area contributed by atoms with Crippen molar-refractivity contribution in [2.24, 2.45) is 11.5 Å². The van der Waals surface area contributed by atoms with Gasteiger partial charge in [-0.1, -0.05) is 27.7 Å². The van der Waals surface area contributed by atoms with Crippen LogP contribution in [0.15, 0.2) is 54.7 Å². The second kappa shape index (κ2) is 18.0. The second-order valence-corrected chi connectivity index (χ2v) is 7.78. The maximum Gasteiger partial charge on any atom is 0.271 e. The van der Waals surface area contributed by atoms with Crippen molar-refractivity contribution in [1.82, 2.24) is 9.97 Å². The number of amides is 2. The summed E-state index contributed by atoms with van der Waals surface area (Å²) in [6.07, 6.45) is 5.13. The Balaban J connectivity index is 0.000000425. The van der Waals surface area contributed by atoms with Gasteiger partial charge in [0, 0.05) is 24.3 Å². The number of methoxy groups -OCH3 is 2. The van der Waals surface area contributed by atoms with Crippen LogP contribution in [0.2, 0.25) is 0 Å². The average Bonchev–Trinajstić information content (AvgIpc) is 3.00. The van der Waals surface area contributed by atoms with E-state index in [1.165, 1.54) is 6.42 Å². The fraction of sp³-hybridized carbons (Fsp3) is 0.379. The van der Waals surface area contributed by atoms with E-state index in [-0.39, 0.29) is 5.69 Å². The monoisotopic (exact) mass is 538 g/mol. The van der Waals surface area contributed by atoms with Crippen molar-refractivity contribution in [2.75, 3.05) is 37.5 Å². The summed E-state index contributed by atoms with van der Waals surface area (Å²) < 4.78 is 10.0. The molecule has 10 heteroatoms. The van der Waals surface area contributed by atoms with E-state index >= 15 is 0 Å². The Hall–Kier alpha value is -4.34. The molecule has 1 fully saturated rings. The summed E-state index contributed by atoms with van der Waals surface area (Å²) in [5, 5.41) is 3.13. The predicted octanol–water partition coefficient (Wildman–Crippen LogP) is 5.16. The summed E-state index contributed by atoms with van der Waals surface area (Å²) in [7, 11) is 3.18. The molecule has 2 heterocycles. The SMILES string of the molecule is CC.CC.COc1ccc(C(N)=O)cc1.COc1ccc(Nc2nc(N3CCCCC3)cnc2C(N)=O)cc1. The number of benzene rings is 2. The molecule has 1 aliphatic rings. The lowest BCUT2D eigenvalue weighted by Gasteiger charge is -2.27. The number of nitrogens with one attached hydrogen (secondary N) is 1. The molecule has 10 nitrogen and oxygen atoms in total. The standard InChI is InChI=1S/C17H21N5O2.C8H9NO2.2C2H6/c1-24-13-7-5-12(6-8-13)20-17-15(16(18)23)19-11-14(21-17)22-9-3-2-4-10-22;1-11-7-4-2-6(3-5-7)8(9)10;2*1-2/h5-8,11H,2-4,9-10H2,1H3,(H2,18,23)(H,20,21);2-5H,1H3,(H2,9,10);2*1-2H3. The van der Waals surface area contributed by atoms with Crippen LogP contribution in [0.1, 0.15) is 67.8 Å². The Labute approximate surface area is 231 Å². The van der Waals surface area contributed by atoms with Crippen LogP contribution < -0.4 is 31.2 Å². The Kier molecular flexibility index (Phi) is 15.1. The number of nitrogens with zero attached hydrogens (tertiary/aromatic N) is 3. The van der Waals surface area contributed by atoms with Crippen LogP contribution in [-0.4, -0.2) is 49.1 Å². The van der Waals surface area contributed by atoms with Gasteiger partial charge in [0.25, 0.3) is 5.91 Å². The molecule has 2 amide bonds. The quantitative estimate of drug-likeness (QED) is 0.374. The summed E-state index contributed by atoms with van der Waals surface area (Å²) in [5.41, 5.74) is 11.9. The highest BCUT2D eigenvalue weighted by Gasteiger charge is 2.18. The van der Waals surface area contributed by atoms with E-state index < -0.39 is 11.8 Å². The molecule has 0 saturated carbocycles. The molecule has 0 unspecified atom stereocenters. The van der Waals surface area contributed by atoms with E-state index in [1.807, 2.05) is 52.0 Å². The highest BCUT2D eigenvalue weighted by molar-refractivity contribution is 5.96. The zero-order valence-electron chi connectivity index (χ0n) is 23.9. The molecule has 0 spiro atoms. The van der Waals surface area contributed by atoms with Crippen molar-refractivity contribution in [3.63, 3.8) is 0 Å². The van der Waals surface area contributed by atoms with Crippen LogP contribution in [0.5, 0.6) is 11.5 Å². The molecule has 0 bridgehead atoms. The van der Waals surface area contributed by atoms with Crippen LogP contribution in [0, 0.1) is 0 Å². The molecule has 3 aromatic rings. The first-order chi connectivity index (χ1) is 18.9. The Morgan fingerprint density at radius 1 is 0.795 bits per heavy atom. The summed E-state index contributed by atoms with van der Waals surface area (Å²) in [4.78, 5) is 33.2. The van der Waals surface area contributed by atoms with Gasteiger partial charge in [0.15, 0.2) is 11.5 Å². The molecule has 1 aliphatic heterocycles. The van der Waals surface area contributed by atoms with Crippen LogP contribution in [0.25, 0.3) is 0 Å². The van der Waals surface area contributed by atoms with E-state index in [9.17, 15) is 9.59 Å². The molecule has 0 radical (unpaired) electrons. The van der Waals surface area contributed by atoms with Crippen molar-refractivity contribution in [1.29, 1.82) is 0 Å². The molecule has 4 rings (SSSR count). The minimum Gasteiger partial charge on any atom is -0.497 e. The van der Waals surface area contributed by atoms with Crippen LogP contribution >= 0.6 is 0 Å². The first kappa shape index (κ1) is 32.7. The fourth-order valence-corrected chi connectivity index (χ4v) is 3.49. The van der Waals surface area contributed by atoms with Gasteiger partial charge in [-0.2, -0.15) is 0 Å². The molecule has 2 aromatic carbocycles. The number of carbonyl (C=O) groups is 2. The number of primary amides is 2. The van der Waals surface area contributed by atoms with Gasteiger partial charge in [-0.25, -0.2) is 9.97 Å². The minimum absolute atomic E-state index is 0.131. The van der Waals surface area contributed by atoms with Gasteiger partial charge in [0.05, 0.1) is 20.4 Å². The summed E-state index contributed by atoms with van der Waals surface area (Å²) in [5.74, 6) is 1.57. The maximum atomic E-state index is 11.6. The number of aromatic nitrogens is 2. The van der Waals surface area contributed by atoms with Gasteiger partial charge in [-0.15, -0.1) is 0 Å². The van der Waals surface area contributed by atoms with E-state index in [0.29, 0.717) is 11.4 Å². The van der Waals surface area contributed by atoms with Crippen LogP contribution in [0.3, 0.4) is 0 Å². The van der Waals surface area contributed by atoms with Gasteiger partial charge in [0.1, 0.15) is 17.3 Å². The topological polar surface area (TPSA) is 146 Å². The zero-order valence-corrected chi connectivity index (χ0v) is 23.9. The molecule has 39 heavy (non-hydrogen) atoms. The number of hydrogen-bond donors (Lipinski definition) is 3. The highest BCUT2D eigenvalue weighted by atomic mass is 16.5. The second-order valence-electron chi connectivity index (χ2n) is 7.78. The smallest absolute Gasteiger partial charge is 0.271 e. The van der Waals surface area contributed by atoms with Crippen LogP contribution in [0.4, 0.5) is 17.3 Å².